The van der Waals surface area contributed by atoms with Crippen molar-refractivity contribution in [3.8, 4) is 22.8 Å². The summed E-state index contributed by atoms with van der Waals surface area (Å²) in [5, 5.41) is 11.1. The van der Waals surface area contributed by atoms with Crippen LogP contribution in [0.2, 0.25) is 5.02 Å². The van der Waals surface area contributed by atoms with Crippen molar-refractivity contribution < 1.29 is 40.2 Å². The molecular weight excluding hydrogens is 591 g/mol. The zero-order valence-corrected chi connectivity index (χ0v) is 21.9. The summed E-state index contributed by atoms with van der Waals surface area (Å²) in [5.74, 6) is -2.20. The minimum absolute atomic E-state index is 0.0804. The molecule has 16 heteroatoms. The second kappa shape index (κ2) is 10.8. The van der Waals surface area contributed by atoms with Crippen molar-refractivity contribution in [1.29, 1.82) is 0 Å². The molecule has 2 aromatic carbocycles. The summed E-state index contributed by atoms with van der Waals surface area (Å²) in [7, 11) is -4.31. The average Bonchev–Trinajstić information content (AvgIpc) is 3.19. The monoisotopic (exact) mass is 606 g/mol. The van der Waals surface area contributed by atoms with Gasteiger partial charge in [-0.1, -0.05) is 35.1 Å². The van der Waals surface area contributed by atoms with Gasteiger partial charge in [0, 0.05) is 17.7 Å². The standard InChI is InChI=1S/C23H16ClF5N4O4S2/c1-11-7-14(30-9-13-3-2-4-17(19(13)34)37-23(27,28)29)10-31-21(11)39(35,36)33-22-32-18(20(26)38-22)12-5-6-16(25)15(24)8-12/h2-8,10,30,34H,9H2,1H3,(H,32,33). The van der Waals surface area contributed by atoms with Crippen molar-refractivity contribution >= 4 is 43.8 Å². The van der Waals surface area contributed by atoms with Gasteiger partial charge in [0.2, 0.25) is 5.13 Å². The molecule has 0 atom stereocenters. The van der Waals surface area contributed by atoms with Crippen LogP contribution in [0.4, 0.5) is 32.8 Å². The first kappa shape index (κ1) is 28.3. The van der Waals surface area contributed by atoms with Gasteiger partial charge in [0.05, 0.1) is 16.9 Å². The smallest absolute Gasteiger partial charge is 0.504 e. The maximum absolute atomic E-state index is 14.5. The van der Waals surface area contributed by atoms with Gasteiger partial charge in [-0.15, -0.1) is 13.2 Å². The Morgan fingerprint density at radius 1 is 1.15 bits per heavy atom. The third kappa shape index (κ3) is 6.66. The van der Waals surface area contributed by atoms with Crippen LogP contribution in [0.25, 0.3) is 11.3 Å². The molecule has 0 bridgehead atoms. The first-order chi connectivity index (χ1) is 18.2. The molecule has 206 valence electrons. The fourth-order valence-electron chi connectivity index (χ4n) is 3.38. The number of para-hydroxylation sites is 1. The number of nitrogens with one attached hydrogen (secondary N) is 2. The molecule has 0 aliphatic heterocycles. The molecule has 2 heterocycles. The summed E-state index contributed by atoms with van der Waals surface area (Å²) in [4.78, 5) is 7.87. The normalized spacial score (nSPS) is 11.9. The van der Waals surface area contributed by atoms with E-state index in [1.807, 2.05) is 0 Å². The lowest BCUT2D eigenvalue weighted by atomic mass is 10.2. The lowest BCUT2D eigenvalue weighted by molar-refractivity contribution is -0.275. The number of rotatable bonds is 8. The van der Waals surface area contributed by atoms with Gasteiger partial charge in [0.1, 0.15) is 11.5 Å². The van der Waals surface area contributed by atoms with Crippen molar-refractivity contribution in [2.75, 3.05) is 10.0 Å². The van der Waals surface area contributed by atoms with Crippen molar-refractivity contribution in [3.05, 3.63) is 75.8 Å². The number of phenols is 1. The van der Waals surface area contributed by atoms with Gasteiger partial charge in [-0.3, -0.25) is 4.72 Å². The number of nitrogens with zero attached hydrogens (tertiary/aromatic N) is 2. The van der Waals surface area contributed by atoms with Crippen LogP contribution in [-0.2, 0) is 16.6 Å². The first-order valence-electron chi connectivity index (χ1n) is 10.6. The van der Waals surface area contributed by atoms with E-state index in [0.29, 0.717) is 17.0 Å². The number of aromatic nitrogens is 2. The summed E-state index contributed by atoms with van der Waals surface area (Å²) in [5.41, 5.74) is 0.470. The third-order valence-electron chi connectivity index (χ3n) is 5.08. The van der Waals surface area contributed by atoms with Crippen LogP contribution in [0.15, 0.2) is 53.7 Å². The van der Waals surface area contributed by atoms with Gasteiger partial charge >= 0.3 is 6.36 Å². The van der Waals surface area contributed by atoms with Gasteiger partial charge in [-0.25, -0.2) is 14.4 Å². The van der Waals surface area contributed by atoms with E-state index in [9.17, 15) is 35.5 Å². The van der Waals surface area contributed by atoms with E-state index in [1.165, 1.54) is 31.2 Å². The number of aryl methyl sites for hydroxylation is 1. The number of alkyl halides is 3. The summed E-state index contributed by atoms with van der Waals surface area (Å²) >= 11 is 6.14. The number of hydrogen-bond donors (Lipinski definition) is 3. The lowest BCUT2D eigenvalue weighted by Crippen LogP contribution is -2.17. The predicted molar refractivity (Wildman–Crippen MR) is 134 cm³/mol. The van der Waals surface area contributed by atoms with Crippen LogP contribution in [0, 0.1) is 17.9 Å². The molecule has 4 rings (SSSR count). The molecule has 0 aliphatic carbocycles. The van der Waals surface area contributed by atoms with Gasteiger partial charge < -0.3 is 15.2 Å². The molecule has 0 aliphatic rings. The number of sulfonamides is 1. The Balaban J connectivity index is 1.49. The highest BCUT2D eigenvalue weighted by Crippen LogP contribution is 2.35. The highest BCUT2D eigenvalue weighted by atomic mass is 35.5. The van der Waals surface area contributed by atoms with Gasteiger partial charge in [-0.05, 0) is 42.8 Å². The Bertz CT molecular complexity index is 1650. The number of aromatic hydroxyl groups is 1. The zero-order valence-electron chi connectivity index (χ0n) is 19.5. The lowest BCUT2D eigenvalue weighted by Gasteiger charge is -2.14. The summed E-state index contributed by atoms with van der Waals surface area (Å²) in [6.07, 6.45) is -3.83. The molecular formula is C23H16ClF5N4O4S2. The minimum atomic E-state index is -4.99. The number of hydrogen-bond acceptors (Lipinski definition) is 8. The van der Waals surface area contributed by atoms with Crippen LogP contribution >= 0.6 is 22.9 Å². The van der Waals surface area contributed by atoms with E-state index >= 15 is 0 Å². The maximum Gasteiger partial charge on any atom is 0.573 e. The second-order valence-electron chi connectivity index (χ2n) is 7.89. The number of anilines is 2. The summed E-state index contributed by atoms with van der Waals surface area (Å²) < 4.78 is 97.1. The van der Waals surface area contributed by atoms with Crippen molar-refractivity contribution in [3.63, 3.8) is 0 Å². The van der Waals surface area contributed by atoms with Crippen LogP contribution < -0.4 is 14.8 Å². The molecule has 2 aromatic heterocycles. The summed E-state index contributed by atoms with van der Waals surface area (Å²) in [6.45, 7) is 1.30. The third-order valence-corrected chi connectivity index (χ3v) is 7.65. The molecule has 0 radical (unpaired) electrons. The minimum Gasteiger partial charge on any atom is -0.504 e. The molecule has 0 fully saturated rings. The highest BCUT2D eigenvalue weighted by molar-refractivity contribution is 7.92. The molecule has 0 spiro atoms. The predicted octanol–water partition coefficient (Wildman–Crippen LogP) is 6.46. The highest BCUT2D eigenvalue weighted by Gasteiger charge is 2.32. The Morgan fingerprint density at radius 3 is 2.56 bits per heavy atom. The SMILES string of the molecule is Cc1cc(NCc2cccc(OC(F)(F)F)c2O)cnc1S(=O)(=O)Nc1nc(-c2ccc(F)c(Cl)c2)c(F)s1. The van der Waals surface area contributed by atoms with Crippen molar-refractivity contribution in [2.24, 2.45) is 0 Å². The largest absolute Gasteiger partial charge is 0.573 e. The van der Waals surface area contributed by atoms with Crippen molar-refractivity contribution in [1.82, 2.24) is 9.97 Å². The molecule has 39 heavy (non-hydrogen) atoms. The quantitative estimate of drug-likeness (QED) is 0.197. The van der Waals surface area contributed by atoms with Crippen LogP contribution in [-0.4, -0.2) is 29.9 Å². The number of halogens is 6. The maximum atomic E-state index is 14.5. The van der Waals surface area contributed by atoms with Gasteiger partial charge in [0.25, 0.3) is 10.0 Å². The molecule has 0 amide bonds. The fourth-order valence-corrected chi connectivity index (χ4v) is 5.67. The fraction of sp³-hybridized carbons (Fsp3) is 0.130. The van der Waals surface area contributed by atoms with Gasteiger partial charge in [0.15, 0.2) is 21.7 Å². The van der Waals surface area contributed by atoms with E-state index in [0.717, 1.165) is 24.4 Å². The van der Waals surface area contributed by atoms with E-state index in [4.69, 9.17) is 11.6 Å². The molecule has 0 saturated carbocycles. The Kier molecular flexibility index (Phi) is 7.86. The Labute approximate surface area is 227 Å². The number of benzene rings is 2. The number of pyridine rings is 1. The summed E-state index contributed by atoms with van der Waals surface area (Å²) in [6, 6.07) is 8.42. The Morgan fingerprint density at radius 2 is 1.90 bits per heavy atom. The molecule has 3 N–H and O–H groups in total. The van der Waals surface area contributed by atoms with E-state index in [1.54, 1.807) is 0 Å². The van der Waals surface area contributed by atoms with Crippen molar-refractivity contribution in [2.45, 2.75) is 24.9 Å². The molecule has 0 unspecified atom stereocenters. The average molecular weight is 607 g/mol. The van der Waals surface area contributed by atoms with E-state index in [-0.39, 0.29) is 39.1 Å². The van der Waals surface area contributed by atoms with Gasteiger partial charge in [-0.2, -0.15) is 12.8 Å². The topological polar surface area (TPSA) is 113 Å². The second-order valence-corrected chi connectivity index (χ2v) is 10.8. The Hall–Kier alpha value is -3.69. The van der Waals surface area contributed by atoms with Crippen LogP contribution in [0.1, 0.15) is 11.1 Å². The first-order valence-corrected chi connectivity index (χ1v) is 13.3. The van der Waals surface area contributed by atoms with Crippen LogP contribution in [0.3, 0.4) is 0 Å². The van der Waals surface area contributed by atoms with Crippen LogP contribution in [0.5, 0.6) is 11.5 Å². The number of ether oxygens (including phenoxy) is 1. The zero-order chi connectivity index (χ0) is 28.5. The molecule has 0 saturated heterocycles. The molecule has 8 nitrogen and oxygen atoms in total. The molecule has 4 aromatic rings. The number of phenolic OH excluding ortho intramolecular Hbond substituents is 1. The van der Waals surface area contributed by atoms with E-state index < -0.39 is 43.9 Å². The van der Waals surface area contributed by atoms with E-state index in [2.05, 4.69) is 24.7 Å². The number of thiazole rings is 1.